The third-order valence-corrected chi connectivity index (χ3v) is 3.90. The molecule has 2 aromatic rings. The van der Waals surface area contributed by atoms with Crippen LogP contribution in [0.15, 0.2) is 71.2 Å². The molecule has 0 nitrogen and oxygen atoms in total. The number of halogens is 1. The molecule has 0 saturated carbocycles. The molecule has 0 spiro atoms. The second kappa shape index (κ2) is 5.58. The van der Waals surface area contributed by atoms with Gasteiger partial charge in [0.05, 0.1) is 0 Å². The Morgan fingerprint density at radius 3 is 2.32 bits per heavy atom. The van der Waals surface area contributed by atoms with Crippen molar-refractivity contribution in [3.8, 4) is 11.1 Å². The minimum atomic E-state index is 1.12. The second-order valence-electron chi connectivity index (χ2n) is 4.75. The molecule has 1 heteroatoms. The van der Waals surface area contributed by atoms with Gasteiger partial charge in [0, 0.05) is 4.47 Å². The van der Waals surface area contributed by atoms with Crippen LogP contribution in [-0.2, 0) is 0 Å². The molecule has 0 N–H and O–H groups in total. The maximum atomic E-state index is 3.53. The lowest BCUT2D eigenvalue weighted by Crippen LogP contribution is -1.88. The van der Waals surface area contributed by atoms with Gasteiger partial charge in [-0.2, -0.15) is 0 Å². The van der Waals surface area contributed by atoms with Crippen molar-refractivity contribution in [2.75, 3.05) is 0 Å². The van der Waals surface area contributed by atoms with E-state index in [-0.39, 0.29) is 0 Å². The molecule has 3 rings (SSSR count). The first-order valence-corrected chi connectivity index (χ1v) is 7.34. The second-order valence-corrected chi connectivity index (χ2v) is 5.67. The van der Waals surface area contributed by atoms with Crippen LogP contribution in [0, 0.1) is 0 Å². The summed E-state index contributed by atoms with van der Waals surface area (Å²) in [6, 6.07) is 17.2. The van der Waals surface area contributed by atoms with Gasteiger partial charge in [0.1, 0.15) is 0 Å². The van der Waals surface area contributed by atoms with Gasteiger partial charge < -0.3 is 0 Å². The van der Waals surface area contributed by atoms with E-state index in [2.05, 4.69) is 82.7 Å². The van der Waals surface area contributed by atoms with Gasteiger partial charge in [0.25, 0.3) is 0 Å². The Balaban J connectivity index is 2.00. The topological polar surface area (TPSA) is 0 Å². The zero-order valence-corrected chi connectivity index (χ0v) is 12.2. The van der Waals surface area contributed by atoms with E-state index in [4.69, 9.17) is 0 Å². The molecule has 0 heterocycles. The first-order valence-electron chi connectivity index (χ1n) is 6.55. The minimum absolute atomic E-state index is 1.12. The van der Waals surface area contributed by atoms with Crippen molar-refractivity contribution in [2.24, 2.45) is 0 Å². The van der Waals surface area contributed by atoms with E-state index in [9.17, 15) is 0 Å². The molecule has 0 fully saturated rings. The molecule has 2 aromatic carbocycles. The van der Waals surface area contributed by atoms with Crippen molar-refractivity contribution in [3.63, 3.8) is 0 Å². The third-order valence-electron chi connectivity index (χ3n) is 3.41. The van der Waals surface area contributed by atoms with E-state index in [1.807, 2.05) is 0 Å². The van der Waals surface area contributed by atoms with Gasteiger partial charge in [-0.15, -0.1) is 0 Å². The van der Waals surface area contributed by atoms with Crippen LogP contribution in [0.25, 0.3) is 16.7 Å². The highest BCUT2D eigenvalue weighted by molar-refractivity contribution is 9.10. The first kappa shape index (κ1) is 12.4. The average Bonchev–Trinajstić information content (AvgIpc) is 2.48. The highest BCUT2D eigenvalue weighted by atomic mass is 79.9. The zero-order valence-electron chi connectivity index (χ0n) is 10.6. The predicted octanol–water partition coefficient (Wildman–Crippen LogP) is 5.85. The average molecular weight is 311 g/mol. The zero-order chi connectivity index (χ0) is 13.1. The molecule has 0 radical (unpaired) electrons. The van der Waals surface area contributed by atoms with Crippen LogP contribution in [0.2, 0.25) is 0 Å². The van der Waals surface area contributed by atoms with Gasteiger partial charge in [-0.3, -0.25) is 0 Å². The smallest absolute Gasteiger partial charge is 0.0181 e. The molecule has 0 atom stereocenters. The molecule has 19 heavy (non-hydrogen) atoms. The monoisotopic (exact) mass is 310 g/mol. The first-order chi connectivity index (χ1) is 9.33. The van der Waals surface area contributed by atoms with Crippen LogP contribution in [0.4, 0.5) is 0 Å². The minimum Gasteiger partial charge on any atom is -0.0842 e. The standard InChI is InChI=1S/C18H15Br/c19-18-11-5-10-17(13-18)16-9-4-8-15(12-16)14-6-2-1-3-7-14/h1-2,4-6,8-13H,3,7H2. The Labute approximate surface area is 122 Å². The number of allylic oxidation sites excluding steroid dienone is 4. The molecule has 0 unspecified atom stereocenters. The van der Waals surface area contributed by atoms with Gasteiger partial charge in [0.15, 0.2) is 0 Å². The molecule has 1 aliphatic carbocycles. The van der Waals surface area contributed by atoms with Crippen molar-refractivity contribution in [1.82, 2.24) is 0 Å². The lowest BCUT2D eigenvalue weighted by Gasteiger charge is -2.11. The van der Waals surface area contributed by atoms with E-state index in [1.165, 1.54) is 22.3 Å². The normalized spacial score (nSPS) is 14.3. The SMILES string of the molecule is Brc1cccc(-c2cccc(C3=CC=CCC3)c2)c1. The van der Waals surface area contributed by atoms with Crippen molar-refractivity contribution in [1.29, 1.82) is 0 Å². The van der Waals surface area contributed by atoms with Crippen LogP contribution in [0.5, 0.6) is 0 Å². The number of rotatable bonds is 2. The Hall–Kier alpha value is -1.60. The fourth-order valence-corrected chi connectivity index (χ4v) is 2.81. The molecule has 0 bridgehead atoms. The number of benzene rings is 2. The summed E-state index contributed by atoms with van der Waals surface area (Å²) in [6.07, 6.45) is 8.89. The van der Waals surface area contributed by atoms with Gasteiger partial charge in [0.2, 0.25) is 0 Å². The van der Waals surface area contributed by atoms with E-state index in [1.54, 1.807) is 0 Å². The van der Waals surface area contributed by atoms with Crippen molar-refractivity contribution in [2.45, 2.75) is 12.8 Å². The lowest BCUT2D eigenvalue weighted by atomic mass is 9.94. The third kappa shape index (κ3) is 2.87. The fourth-order valence-electron chi connectivity index (χ4n) is 2.41. The summed E-state index contributed by atoms with van der Waals surface area (Å²) in [7, 11) is 0. The summed E-state index contributed by atoms with van der Waals surface area (Å²) in [5, 5.41) is 0. The van der Waals surface area contributed by atoms with Gasteiger partial charge in [-0.1, -0.05) is 64.5 Å². The Bertz CT molecular complexity index is 650. The quantitative estimate of drug-likeness (QED) is 0.652. The van der Waals surface area contributed by atoms with Crippen LogP contribution in [0.3, 0.4) is 0 Å². The molecule has 1 aliphatic rings. The Morgan fingerprint density at radius 2 is 1.58 bits per heavy atom. The van der Waals surface area contributed by atoms with E-state index in [0.29, 0.717) is 0 Å². The van der Waals surface area contributed by atoms with Crippen LogP contribution >= 0.6 is 15.9 Å². The number of hydrogen-bond acceptors (Lipinski definition) is 0. The molecule has 0 amide bonds. The lowest BCUT2D eigenvalue weighted by molar-refractivity contribution is 1.05. The highest BCUT2D eigenvalue weighted by Crippen LogP contribution is 2.28. The Kier molecular flexibility index (Phi) is 3.65. The largest absolute Gasteiger partial charge is 0.0842 e. The van der Waals surface area contributed by atoms with E-state index >= 15 is 0 Å². The molecule has 0 aliphatic heterocycles. The fraction of sp³-hybridized carbons (Fsp3) is 0.111. The molecular weight excluding hydrogens is 296 g/mol. The molecule has 0 saturated heterocycles. The van der Waals surface area contributed by atoms with Crippen LogP contribution < -0.4 is 0 Å². The summed E-state index contributed by atoms with van der Waals surface area (Å²) in [5.41, 5.74) is 5.29. The summed E-state index contributed by atoms with van der Waals surface area (Å²) in [4.78, 5) is 0. The van der Waals surface area contributed by atoms with Crippen LogP contribution in [-0.4, -0.2) is 0 Å². The molecular formula is C18H15Br. The summed E-state index contributed by atoms with van der Waals surface area (Å²) in [5.74, 6) is 0. The maximum absolute atomic E-state index is 3.53. The summed E-state index contributed by atoms with van der Waals surface area (Å²) >= 11 is 3.53. The van der Waals surface area contributed by atoms with Gasteiger partial charge in [-0.25, -0.2) is 0 Å². The Morgan fingerprint density at radius 1 is 0.842 bits per heavy atom. The summed E-state index contributed by atoms with van der Waals surface area (Å²) < 4.78 is 1.12. The predicted molar refractivity (Wildman–Crippen MR) is 85.9 cm³/mol. The maximum Gasteiger partial charge on any atom is 0.0181 e. The summed E-state index contributed by atoms with van der Waals surface area (Å²) in [6.45, 7) is 0. The van der Waals surface area contributed by atoms with Gasteiger partial charge in [-0.05, 0) is 53.3 Å². The molecule has 94 valence electrons. The van der Waals surface area contributed by atoms with Crippen molar-refractivity contribution < 1.29 is 0 Å². The van der Waals surface area contributed by atoms with E-state index < -0.39 is 0 Å². The highest BCUT2D eigenvalue weighted by Gasteiger charge is 2.05. The van der Waals surface area contributed by atoms with Gasteiger partial charge >= 0.3 is 0 Å². The van der Waals surface area contributed by atoms with Crippen molar-refractivity contribution >= 4 is 21.5 Å². The van der Waals surface area contributed by atoms with Crippen molar-refractivity contribution in [3.05, 3.63) is 76.8 Å². The van der Waals surface area contributed by atoms with Crippen LogP contribution in [0.1, 0.15) is 18.4 Å². The molecule has 0 aromatic heterocycles. The van der Waals surface area contributed by atoms with E-state index in [0.717, 1.165) is 17.3 Å². The number of hydrogen-bond donors (Lipinski definition) is 0.